The third kappa shape index (κ3) is 5.57. The van der Waals surface area contributed by atoms with Crippen molar-refractivity contribution in [1.29, 1.82) is 0 Å². The van der Waals surface area contributed by atoms with Gasteiger partial charge in [0.2, 0.25) is 0 Å². The summed E-state index contributed by atoms with van der Waals surface area (Å²) in [5, 5.41) is 0. The van der Waals surface area contributed by atoms with Crippen molar-refractivity contribution in [2.24, 2.45) is 0 Å². The van der Waals surface area contributed by atoms with E-state index in [0.717, 1.165) is 9.54 Å². The molecule has 0 aliphatic rings. The molecule has 122 valence electrons. The van der Waals surface area contributed by atoms with E-state index in [0.29, 0.717) is 17.2 Å². The van der Waals surface area contributed by atoms with Crippen LogP contribution in [0.4, 0.5) is 0 Å². The predicted octanol–water partition coefficient (Wildman–Crippen LogP) is 2.75. The van der Waals surface area contributed by atoms with E-state index in [1.54, 1.807) is 36.4 Å². The Morgan fingerprint density at radius 2 is 1.70 bits per heavy atom. The Hall–Kier alpha value is -2.06. The van der Waals surface area contributed by atoms with Crippen molar-refractivity contribution in [3.63, 3.8) is 0 Å². The van der Waals surface area contributed by atoms with Gasteiger partial charge < -0.3 is 9.47 Å². The second-order valence-electron chi connectivity index (χ2n) is 4.30. The quantitative estimate of drug-likeness (QED) is 0.733. The number of benzene rings is 1. The monoisotopic (exact) mass is 398 g/mol. The van der Waals surface area contributed by atoms with Gasteiger partial charge >= 0.3 is 0 Å². The van der Waals surface area contributed by atoms with Crippen molar-refractivity contribution in [3.8, 4) is 11.5 Å². The first kappa shape index (κ1) is 17.3. The average Bonchev–Trinajstić information content (AvgIpc) is 2.99. The van der Waals surface area contributed by atoms with E-state index in [1.807, 2.05) is 6.92 Å². The number of hydrogen-bond acceptors (Lipinski definition) is 5. The van der Waals surface area contributed by atoms with Crippen LogP contribution in [0.1, 0.15) is 16.6 Å². The summed E-state index contributed by atoms with van der Waals surface area (Å²) in [6.07, 6.45) is 0. The van der Waals surface area contributed by atoms with Crippen molar-refractivity contribution in [2.45, 2.75) is 6.92 Å². The maximum absolute atomic E-state index is 11.7. The molecule has 2 aromatic rings. The van der Waals surface area contributed by atoms with Crippen LogP contribution in [0.3, 0.4) is 0 Å². The van der Waals surface area contributed by atoms with Crippen molar-refractivity contribution in [2.75, 3.05) is 13.2 Å². The van der Waals surface area contributed by atoms with E-state index in [4.69, 9.17) is 9.47 Å². The fraction of sp³-hybridized carbons (Fsp3) is 0.200. The fourth-order valence-corrected chi connectivity index (χ4v) is 2.89. The number of hydrogen-bond donors (Lipinski definition) is 2. The van der Waals surface area contributed by atoms with Gasteiger partial charge in [-0.25, -0.2) is 0 Å². The molecule has 1 heterocycles. The van der Waals surface area contributed by atoms with Gasteiger partial charge in [0.05, 0.1) is 15.3 Å². The van der Waals surface area contributed by atoms with Crippen LogP contribution in [-0.2, 0) is 4.79 Å². The van der Waals surface area contributed by atoms with Gasteiger partial charge in [0.25, 0.3) is 11.8 Å². The number of ether oxygens (including phenoxy) is 2. The maximum Gasteiger partial charge on any atom is 0.279 e. The second kappa shape index (κ2) is 8.54. The molecule has 0 fully saturated rings. The van der Waals surface area contributed by atoms with Crippen LogP contribution in [0, 0.1) is 0 Å². The zero-order valence-electron chi connectivity index (χ0n) is 12.3. The molecule has 2 rings (SSSR count). The third-order valence-corrected chi connectivity index (χ3v) is 4.24. The molecule has 0 radical (unpaired) electrons. The molecule has 6 nitrogen and oxygen atoms in total. The number of amides is 2. The number of halogens is 1. The fourth-order valence-electron chi connectivity index (χ4n) is 1.61. The summed E-state index contributed by atoms with van der Waals surface area (Å²) in [4.78, 5) is 23.9. The first-order valence-electron chi connectivity index (χ1n) is 6.78. The van der Waals surface area contributed by atoms with Crippen molar-refractivity contribution < 1.29 is 19.1 Å². The van der Waals surface area contributed by atoms with Gasteiger partial charge in [0.15, 0.2) is 6.61 Å². The van der Waals surface area contributed by atoms with E-state index in [1.165, 1.54) is 11.3 Å². The van der Waals surface area contributed by atoms with Crippen molar-refractivity contribution in [1.82, 2.24) is 10.9 Å². The Labute approximate surface area is 145 Å². The van der Waals surface area contributed by atoms with Crippen LogP contribution in [-0.4, -0.2) is 25.0 Å². The lowest BCUT2D eigenvalue weighted by Gasteiger charge is -2.09. The molecule has 2 amide bonds. The molecule has 0 spiro atoms. The summed E-state index contributed by atoms with van der Waals surface area (Å²) in [6.45, 7) is 2.28. The lowest BCUT2D eigenvalue weighted by atomic mass is 10.3. The SMILES string of the molecule is CCOc1ccc(OCC(=O)NNC(=O)c2ccc(Br)s2)cc1. The highest BCUT2D eigenvalue weighted by atomic mass is 79.9. The van der Waals surface area contributed by atoms with E-state index in [2.05, 4.69) is 26.8 Å². The molecule has 0 saturated carbocycles. The Balaban J connectivity index is 1.73. The zero-order chi connectivity index (χ0) is 16.7. The molecule has 23 heavy (non-hydrogen) atoms. The standard InChI is InChI=1S/C15H15BrN2O4S/c1-2-21-10-3-5-11(6-4-10)22-9-14(19)17-18-15(20)12-7-8-13(16)23-12/h3-8H,2,9H2,1H3,(H,17,19)(H,18,20). The van der Waals surface area contributed by atoms with Crippen LogP contribution in [0.2, 0.25) is 0 Å². The highest BCUT2D eigenvalue weighted by Crippen LogP contribution is 2.21. The van der Waals surface area contributed by atoms with Gasteiger partial charge in [-0.2, -0.15) is 0 Å². The second-order valence-corrected chi connectivity index (χ2v) is 6.76. The largest absolute Gasteiger partial charge is 0.494 e. The molecule has 1 aromatic carbocycles. The van der Waals surface area contributed by atoms with Gasteiger partial charge in [-0.05, 0) is 59.3 Å². The molecule has 1 aromatic heterocycles. The minimum atomic E-state index is -0.456. The molecular weight excluding hydrogens is 384 g/mol. The van der Waals surface area contributed by atoms with Crippen LogP contribution in [0.15, 0.2) is 40.2 Å². The number of thiophene rings is 1. The maximum atomic E-state index is 11.7. The zero-order valence-corrected chi connectivity index (χ0v) is 14.7. The van der Waals surface area contributed by atoms with Crippen LogP contribution >= 0.6 is 27.3 Å². The first-order chi connectivity index (χ1) is 11.1. The number of hydrazine groups is 1. The lowest BCUT2D eigenvalue weighted by Crippen LogP contribution is -2.43. The van der Waals surface area contributed by atoms with E-state index in [-0.39, 0.29) is 12.5 Å². The highest BCUT2D eigenvalue weighted by Gasteiger charge is 2.10. The number of carbonyl (C=O) groups excluding carboxylic acids is 2. The Morgan fingerprint density at radius 3 is 2.26 bits per heavy atom. The summed E-state index contributed by atoms with van der Waals surface area (Å²) < 4.78 is 11.5. The third-order valence-electron chi connectivity index (χ3n) is 2.62. The van der Waals surface area contributed by atoms with E-state index < -0.39 is 5.91 Å². The van der Waals surface area contributed by atoms with Gasteiger partial charge in [0, 0.05) is 0 Å². The molecular formula is C15H15BrN2O4S. The predicted molar refractivity (Wildman–Crippen MR) is 90.7 cm³/mol. The smallest absolute Gasteiger partial charge is 0.279 e. The number of nitrogens with one attached hydrogen (secondary N) is 2. The summed E-state index contributed by atoms with van der Waals surface area (Å²) in [6, 6.07) is 10.4. The molecule has 0 aliphatic carbocycles. The van der Waals surface area contributed by atoms with Crippen molar-refractivity contribution in [3.05, 3.63) is 45.1 Å². The van der Waals surface area contributed by atoms with Crippen LogP contribution in [0.5, 0.6) is 11.5 Å². The molecule has 0 bridgehead atoms. The summed E-state index contributed by atoms with van der Waals surface area (Å²) in [7, 11) is 0. The van der Waals surface area contributed by atoms with Gasteiger partial charge in [-0.3, -0.25) is 20.4 Å². The molecule has 0 atom stereocenters. The van der Waals surface area contributed by atoms with Crippen molar-refractivity contribution >= 4 is 39.1 Å². The average molecular weight is 399 g/mol. The number of rotatable bonds is 6. The van der Waals surface area contributed by atoms with Gasteiger partial charge in [0.1, 0.15) is 11.5 Å². The lowest BCUT2D eigenvalue weighted by molar-refractivity contribution is -0.123. The minimum Gasteiger partial charge on any atom is -0.494 e. The molecule has 8 heteroatoms. The van der Waals surface area contributed by atoms with Gasteiger partial charge in [-0.15, -0.1) is 11.3 Å². The molecule has 0 aliphatic heterocycles. The summed E-state index contributed by atoms with van der Waals surface area (Å²) in [5.74, 6) is 0.439. The molecule has 2 N–H and O–H groups in total. The first-order valence-corrected chi connectivity index (χ1v) is 8.39. The van der Waals surface area contributed by atoms with Crippen LogP contribution < -0.4 is 20.3 Å². The Morgan fingerprint density at radius 1 is 1.04 bits per heavy atom. The topological polar surface area (TPSA) is 76.7 Å². The molecule has 0 unspecified atom stereocenters. The molecule has 0 saturated heterocycles. The normalized spacial score (nSPS) is 10.0. The summed E-state index contributed by atoms with van der Waals surface area (Å²) in [5.41, 5.74) is 4.62. The number of carbonyl (C=O) groups is 2. The van der Waals surface area contributed by atoms with Gasteiger partial charge in [-0.1, -0.05) is 0 Å². The van der Waals surface area contributed by atoms with Crippen LogP contribution in [0.25, 0.3) is 0 Å². The highest BCUT2D eigenvalue weighted by molar-refractivity contribution is 9.11. The Kier molecular flexibility index (Phi) is 6.42. The van der Waals surface area contributed by atoms with E-state index in [9.17, 15) is 9.59 Å². The minimum absolute atomic E-state index is 0.206. The Bertz CT molecular complexity index is 672. The summed E-state index contributed by atoms with van der Waals surface area (Å²) >= 11 is 4.54. The van der Waals surface area contributed by atoms with E-state index >= 15 is 0 Å².